The number of hydrogen-bond acceptors (Lipinski definition) is 2. The fourth-order valence-electron chi connectivity index (χ4n) is 12.2. The predicted molar refractivity (Wildman–Crippen MR) is 356 cm³/mol. The smallest absolute Gasteiger partial charge is 0.126 e. The van der Waals surface area contributed by atoms with Gasteiger partial charge in [-0.2, -0.15) is 0 Å². The van der Waals surface area contributed by atoms with Crippen LogP contribution in [0.2, 0.25) is 0 Å². The molecule has 0 amide bonds. The number of unbranched alkanes of at least 4 members (excludes halogenated alkanes) is 26. The van der Waals surface area contributed by atoms with E-state index >= 15 is 0 Å². The molecule has 0 bridgehead atoms. The highest BCUT2D eigenvalue weighted by molar-refractivity contribution is 7.95. The maximum Gasteiger partial charge on any atom is 0.126 e. The van der Waals surface area contributed by atoms with Crippen molar-refractivity contribution >= 4 is 46.4 Å². The summed E-state index contributed by atoms with van der Waals surface area (Å²) < 4.78 is 14.7. The van der Waals surface area contributed by atoms with Crippen LogP contribution in [0.15, 0.2) is 194 Å². The number of benzene rings is 7. The van der Waals surface area contributed by atoms with Crippen molar-refractivity contribution in [3.63, 3.8) is 0 Å². The van der Waals surface area contributed by atoms with Crippen molar-refractivity contribution in [3.8, 4) is 11.5 Å². The second kappa shape index (κ2) is 37.2. The zero-order chi connectivity index (χ0) is 55.4. The summed E-state index contributed by atoms with van der Waals surface area (Å²) >= 11 is 0. The number of hydrogen-bond donors (Lipinski definition) is 0. The quantitative estimate of drug-likeness (QED) is 0.0280. The highest BCUT2D eigenvalue weighted by Gasteiger charge is 2.48. The van der Waals surface area contributed by atoms with E-state index in [1.807, 2.05) is 0 Å². The van der Waals surface area contributed by atoms with Crippen LogP contribution in [0, 0.1) is 0 Å². The second-order valence-corrected chi connectivity index (χ2v) is 29.9. The Morgan fingerprint density at radius 1 is 0.237 bits per heavy atom. The average molecular weight is 1110 g/mol. The fourth-order valence-corrected chi connectivity index (χ4v) is 20.7. The van der Waals surface area contributed by atoms with E-state index in [9.17, 15) is 0 Å². The van der Waals surface area contributed by atoms with Gasteiger partial charge in [0.2, 0.25) is 0 Å². The Hall–Kier alpha value is -5.00. The van der Waals surface area contributed by atoms with Crippen LogP contribution in [0.1, 0.15) is 205 Å². The van der Waals surface area contributed by atoms with Gasteiger partial charge in [0.15, 0.2) is 0 Å². The van der Waals surface area contributed by atoms with Crippen LogP contribution in [0.5, 0.6) is 11.5 Å². The van der Waals surface area contributed by atoms with E-state index in [0.29, 0.717) is 13.2 Å². The zero-order valence-corrected chi connectivity index (χ0v) is 51.6. The van der Waals surface area contributed by atoms with Crippen molar-refractivity contribution in [1.29, 1.82) is 0 Å². The lowest BCUT2D eigenvalue weighted by molar-refractivity contribution is 0.292. The monoisotopic (exact) mass is 1110 g/mol. The Kier molecular flexibility index (Phi) is 29.1. The first-order valence-electron chi connectivity index (χ1n) is 32.2. The molecule has 7 aromatic rings. The second-order valence-electron chi connectivity index (χ2n) is 22.9. The molecule has 0 aromatic heterocycles. The third-order valence-corrected chi connectivity index (χ3v) is 25.5. The molecule has 0 aliphatic carbocycles. The Bertz CT molecular complexity index is 2260. The van der Waals surface area contributed by atoms with Crippen LogP contribution in [0.25, 0.3) is 0 Å². The summed E-state index contributed by atoms with van der Waals surface area (Å²) in [4.78, 5) is 0. The first-order valence-corrected chi connectivity index (χ1v) is 36.1. The molecule has 0 fully saturated rings. The van der Waals surface area contributed by atoms with E-state index in [0.717, 1.165) is 36.7 Å². The van der Waals surface area contributed by atoms with Gasteiger partial charge in [-0.15, -0.1) is 0 Å². The van der Waals surface area contributed by atoms with Crippen molar-refractivity contribution in [2.45, 2.75) is 206 Å². The Balaban J connectivity index is 1.20. The maximum absolute atomic E-state index is 7.33. The standard InChI is InChI=1S/C76H102O2P2/c1-3-5-7-9-11-13-15-17-19-21-23-25-27-47-61-77-75-63-68(66-80(72-55-41-32-42-56-72,73-57-43-33-44-58-73)74-59-45-34-46-60-74)76(78-62-48-28-26-24-22-20-18-16-14-12-10-8-6-4-2)64-67(75)65-79(69-49-35-29-36-50-69,70-51-37-30-38-52-70)71-53-39-31-40-54-71/h29-46,49-60,63-64H,3-28,47-48,61-62,65-66H2,1-2H3/q+2. The highest BCUT2D eigenvalue weighted by Crippen LogP contribution is 2.62. The minimum atomic E-state index is -2.29. The van der Waals surface area contributed by atoms with E-state index in [4.69, 9.17) is 9.47 Å². The molecule has 0 saturated carbocycles. The highest BCUT2D eigenvalue weighted by atomic mass is 31.2. The first-order chi connectivity index (χ1) is 39.7. The summed E-state index contributed by atoms with van der Waals surface area (Å²) in [7, 11) is -4.58. The molecular weight excluding hydrogens is 1010 g/mol. The summed E-state index contributed by atoms with van der Waals surface area (Å²) in [6.07, 6.45) is 39.1. The lowest BCUT2D eigenvalue weighted by Gasteiger charge is -2.30. The van der Waals surface area contributed by atoms with E-state index in [1.165, 1.54) is 210 Å². The molecule has 7 rings (SSSR count). The van der Waals surface area contributed by atoms with E-state index < -0.39 is 14.5 Å². The van der Waals surface area contributed by atoms with E-state index in [-0.39, 0.29) is 0 Å². The van der Waals surface area contributed by atoms with E-state index in [2.05, 4.69) is 208 Å². The average Bonchev–Trinajstić information content (AvgIpc) is 3.65. The summed E-state index contributed by atoms with van der Waals surface area (Å²) in [6.45, 7) is 6.02. The van der Waals surface area contributed by atoms with Gasteiger partial charge in [0, 0.05) is 11.1 Å². The molecular formula is C76H102O2P2+2. The van der Waals surface area contributed by atoms with Gasteiger partial charge in [-0.3, -0.25) is 0 Å². The van der Waals surface area contributed by atoms with Crippen LogP contribution in [0.4, 0.5) is 0 Å². The summed E-state index contributed by atoms with van der Waals surface area (Å²) in [5.41, 5.74) is 2.48. The molecule has 0 aliphatic rings. The van der Waals surface area contributed by atoms with Gasteiger partial charge in [-0.05, 0) is 97.8 Å². The van der Waals surface area contributed by atoms with Crippen molar-refractivity contribution in [3.05, 3.63) is 205 Å². The molecule has 80 heavy (non-hydrogen) atoms. The third-order valence-electron chi connectivity index (χ3n) is 16.8. The number of rotatable bonds is 42. The van der Waals surface area contributed by atoms with Crippen LogP contribution >= 0.6 is 14.5 Å². The molecule has 4 heteroatoms. The first kappa shape index (κ1) is 62.6. The Morgan fingerprint density at radius 2 is 0.425 bits per heavy atom. The van der Waals surface area contributed by atoms with Crippen molar-refractivity contribution in [2.75, 3.05) is 13.2 Å². The van der Waals surface area contributed by atoms with Crippen molar-refractivity contribution < 1.29 is 9.47 Å². The third kappa shape index (κ3) is 19.6. The summed E-state index contributed by atoms with van der Waals surface area (Å²) in [6, 6.07) is 73.2. The molecule has 0 spiro atoms. The summed E-state index contributed by atoms with van der Waals surface area (Å²) in [5, 5.41) is 8.29. The molecule has 0 heterocycles. The molecule has 0 saturated heterocycles. The normalized spacial score (nSPS) is 11.7. The van der Waals surface area contributed by atoms with Crippen LogP contribution in [0.3, 0.4) is 0 Å². The molecule has 0 unspecified atom stereocenters. The molecule has 0 radical (unpaired) electrons. The minimum absolute atomic E-state index is 0.702. The van der Waals surface area contributed by atoms with Gasteiger partial charge in [0.25, 0.3) is 0 Å². The lowest BCUT2D eigenvalue weighted by atomic mass is 10.0. The Labute approximate surface area is 489 Å². The SMILES string of the molecule is CCCCCCCCCCCCCCCCOc1cc(C[P+](c2ccccc2)(c2ccccc2)c2ccccc2)c(OCCCCCCCCCCCCCCCC)cc1C[P+](c1ccccc1)(c1ccccc1)c1ccccc1. The van der Waals surface area contributed by atoms with Crippen molar-refractivity contribution in [1.82, 2.24) is 0 Å². The van der Waals surface area contributed by atoms with Crippen LogP contribution in [-0.4, -0.2) is 13.2 Å². The maximum atomic E-state index is 7.33. The largest absolute Gasteiger partial charge is 0.493 e. The van der Waals surface area contributed by atoms with Gasteiger partial charge in [-0.25, -0.2) is 0 Å². The van der Waals surface area contributed by atoms with Gasteiger partial charge in [-0.1, -0.05) is 290 Å². The number of ether oxygens (including phenoxy) is 2. The topological polar surface area (TPSA) is 18.5 Å². The zero-order valence-electron chi connectivity index (χ0n) is 49.8. The Morgan fingerprint density at radius 3 is 0.625 bits per heavy atom. The molecule has 7 aromatic carbocycles. The van der Waals surface area contributed by atoms with Gasteiger partial charge in [0.05, 0.1) is 13.2 Å². The summed E-state index contributed by atoms with van der Waals surface area (Å²) in [5.74, 6) is 2.02. The van der Waals surface area contributed by atoms with Gasteiger partial charge in [0.1, 0.15) is 70.2 Å². The molecule has 0 N–H and O–H groups in total. The van der Waals surface area contributed by atoms with E-state index in [1.54, 1.807) is 0 Å². The lowest BCUT2D eigenvalue weighted by Crippen LogP contribution is -2.33. The molecule has 0 atom stereocenters. The van der Waals surface area contributed by atoms with Gasteiger partial charge >= 0.3 is 0 Å². The van der Waals surface area contributed by atoms with Crippen LogP contribution < -0.4 is 41.3 Å². The molecule has 426 valence electrons. The molecule has 2 nitrogen and oxygen atoms in total. The van der Waals surface area contributed by atoms with Crippen LogP contribution in [-0.2, 0) is 12.3 Å². The fraction of sp³-hybridized carbons (Fsp3) is 0.447. The predicted octanol–water partition coefficient (Wildman–Crippen LogP) is 20.4. The molecule has 0 aliphatic heterocycles. The van der Waals surface area contributed by atoms with Crippen molar-refractivity contribution in [2.24, 2.45) is 0 Å². The van der Waals surface area contributed by atoms with Gasteiger partial charge < -0.3 is 9.47 Å². The minimum Gasteiger partial charge on any atom is -0.493 e.